The highest BCUT2D eigenvalue weighted by molar-refractivity contribution is 6.99. The van der Waals surface area contributed by atoms with Gasteiger partial charge in [0.15, 0.2) is 0 Å². The van der Waals surface area contributed by atoms with Crippen LogP contribution in [0.4, 0.5) is 0 Å². The average Bonchev–Trinajstić information content (AvgIpc) is 2.39. The van der Waals surface area contributed by atoms with Gasteiger partial charge in [-0.3, -0.25) is 4.79 Å². The Kier molecular flexibility index (Phi) is 2.50. The molecule has 1 heterocycles. The predicted molar refractivity (Wildman–Crippen MR) is 40.8 cm³/mol. The Morgan fingerprint density at radius 2 is 2.55 bits per heavy atom. The van der Waals surface area contributed by atoms with Crippen molar-refractivity contribution in [1.82, 2.24) is 8.75 Å². The second-order valence-corrected chi connectivity index (χ2v) is 2.67. The van der Waals surface area contributed by atoms with Crippen molar-refractivity contribution >= 4 is 17.6 Å². The van der Waals surface area contributed by atoms with E-state index in [1.165, 1.54) is 0 Å². The van der Waals surface area contributed by atoms with Gasteiger partial charge in [-0.2, -0.15) is 8.75 Å². The van der Waals surface area contributed by atoms with Gasteiger partial charge in [-0.1, -0.05) is 0 Å². The molecule has 0 aliphatic rings. The van der Waals surface area contributed by atoms with Crippen LogP contribution in [-0.2, 0) is 11.2 Å². The quantitative estimate of drug-likeness (QED) is 0.604. The van der Waals surface area contributed by atoms with E-state index in [1.54, 1.807) is 6.20 Å². The van der Waals surface area contributed by atoms with Crippen molar-refractivity contribution in [3.8, 4) is 0 Å². The summed E-state index contributed by atoms with van der Waals surface area (Å²) in [5, 5.41) is 0. The summed E-state index contributed by atoms with van der Waals surface area (Å²) in [6.07, 6.45) is 1.94. The van der Waals surface area contributed by atoms with Crippen LogP contribution in [0.5, 0.6) is 0 Å². The zero-order chi connectivity index (χ0) is 8.27. The highest BCUT2D eigenvalue weighted by Gasteiger charge is 2.10. The fraction of sp³-hybridized carbons (Fsp3) is 0.400. The molecule has 0 aliphatic carbocycles. The molecule has 11 heavy (non-hydrogen) atoms. The SMILES string of the molecule is NC(=O)C(N)Cc1cnsn1. The van der Waals surface area contributed by atoms with Crippen molar-refractivity contribution in [3.63, 3.8) is 0 Å². The van der Waals surface area contributed by atoms with Gasteiger partial charge in [-0.05, 0) is 0 Å². The van der Waals surface area contributed by atoms with Crippen LogP contribution in [-0.4, -0.2) is 20.7 Å². The maximum Gasteiger partial charge on any atom is 0.234 e. The zero-order valence-electron chi connectivity index (χ0n) is 5.73. The van der Waals surface area contributed by atoms with E-state index < -0.39 is 11.9 Å². The third-order valence-corrected chi connectivity index (χ3v) is 1.72. The molecule has 0 fully saturated rings. The van der Waals surface area contributed by atoms with Crippen LogP contribution in [0.3, 0.4) is 0 Å². The van der Waals surface area contributed by atoms with Crippen LogP contribution in [0.15, 0.2) is 6.20 Å². The van der Waals surface area contributed by atoms with Crippen molar-refractivity contribution in [3.05, 3.63) is 11.9 Å². The molecule has 5 nitrogen and oxygen atoms in total. The first-order valence-electron chi connectivity index (χ1n) is 3.01. The Balaban J connectivity index is 2.50. The molecule has 1 amide bonds. The van der Waals surface area contributed by atoms with Crippen LogP contribution in [0.25, 0.3) is 0 Å². The van der Waals surface area contributed by atoms with Gasteiger partial charge in [-0.15, -0.1) is 0 Å². The first-order valence-corrected chi connectivity index (χ1v) is 3.74. The highest BCUT2D eigenvalue weighted by Crippen LogP contribution is 1.97. The van der Waals surface area contributed by atoms with Crippen molar-refractivity contribution in [2.24, 2.45) is 11.5 Å². The average molecular weight is 172 g/mol. The molecule has 0 aliphatic heterocycles. The van der Waals surface area contributed by atoms with E-state index >= 15 is 0 Å². The van der Waals surface area contributed by atoms with Gasteiger partial charge in [0.2, 0.25) is 5.91 Å². The number of amides is 1. The summed E-state index contributed by atoms with van der Waals surface area (Å²) < 4.78 is 7.64. The van der Waals surface area contributed by atoms with E-state index in [0.29, 0.717) is 12.1 Å². The topological polar surface area (TPSA) is 94.9 Å². The lowest BCUT2D eigenvalue weighted by atomic mass is 10.2. The molecule has 4 N–H and O–H groups in total. The fourth-order valence-corrected chi connectivity index (χ4v) is 1.04. The van der Waals surface area contributed by atoms with Crippen LogP contribution >= 0.6 is 11.7 Å². The minimum absolute atomic E-state index is 0.367. The maximum atomic E-state index is 10.5. The monoisotopic (exact) mass is 172 g/mol. The minimum Gasteiger partial charge on any atom is -0.368 e. The molecule has 0 radical (unpaired) electrons. The Bertz CT molecular complexity index is 235. The van der Waals surface area contributed by atoms with Crippen LogP contribution in [0, 0.1) is 0 Å². The molecule has 0 saturated carbocycles. The molecular formula is C5H8N4OS. The van der Waals surface area contributed by atoms with Crippen molar-refractivity contribution < 1.29 is 4.79 Å². The van der Waals surface area contributed by atoms with Gasteiger partial charge < -0.3 is 11.5 Å². The Morgan fingerprint density at radius 3 is 3.00 bits per heavy atom. The number of hydrogen-bond acceptors (Lipinski definition) is 5. The van der Waals surface area contributed by atoms with E-state index in [1.807, 2.05) is 0 Å². The molecule has 0 bridgehead atoms. The van der Waals surface area contributed by atoms with E-state index in [4.69, 9.17) is 11.5 Å². The van der Waals surface area contributed by atoms with Crippen molar-refractivity contribution in [2.75, 3.05) is 0 Å². The summed E-state index contributed by atoms with van der Waals surface area (Å²) in [6, 6.07) is -0.654. The summed E-state index contributed by atoms with van der Waals surface area (Å²) in [5.41, 5.74) is 11.0. The number of aromatic nitrogens is 2. The second-order valence-electron chi connectivity index (χ2n) is 2.11. The van der Waals surface area contributed by atoms with Gasteiger partial charge in [0.1, 0.15) is 0 Å². The first-order chi connectivity index (χ1) is 5.20. The number of rotatable bonds is 3. The molecule has 1 unspecified atom stereocenters. The molecule has 0 saturated heterocycles. The lowest BCUT2D eigenvalue weighted by Crippen LogP contribution is -2.38. The normalized spacial score (nSPS) is 12.8. The van der Waals surface area contributed by atoms with E-state index in [-0.39, 0.29) is 0 Å². The standard InChI is InChI=1S/C5H8N4OS/c6-4(5(7)10)1-3-2-8-11-9-3/h2,4H,1,6H2,(H2,7,10). The Labute approximate surface area is 67.7 Å². The number of carbonyl (C=O) groups excluding carboxylic acids is 1. The predicted octanol–water partition coefficient (Wildman–Crippen LogP) is -1.11. The van der Waals surface area contributed by atoms with Gasteiger partial charge in [-0.25, -0.2) is 0 Å². The summed E-state index contributed by atoms with van der Waals surface area (Å²) in [6.45, 7) is 0. The van der Waals surface area contributed by atoms with Crippen LogP contribution in [0.2, 0.25) is 0 Å². The summed E-state index contributed by atoms with van der Waals surface area (Å²) >= 11 is 1.09. The summed E-state index contributed by atoms with van der Waals surface area (Å²) in [4.78, 5) is 10.5. The third kappa shape index (κ3) is 2.24. The maximum absolute atomic E-state index is 10.5. The molecular weight excluding hydrogens is 164 g/mol. The van der Waals surface area contributed by atoms with E-state index in [9.17, 15) is 4.79 Å². The van der Waals surface area contributed by atoms with Crippen molar-refractivity contribution in [2.45, 2.75) is 12.5 Å². The van der Waals surface area contributed by atoms with Gasteiger partial charge >= 0.3 is 0 Å². The second kappa shape index (κ2) is 3.40. The molecule has 60 valence electrons. The van der Waals surface area contributed by atoms with E-state index in [2.05, 4.69) is 8.75 Å². The van der Waals surface area contributed by atoms with Crippen LogP contribution in [0.1, 0.15) is 5.69 Å². The largest absolute Gasteiger partial charge is 0.368 e. The zero-order valence-corrected chi connectivity index (χ0v) is 6.54. The van der Waals surface area contributed by atoms with Gasteiger partial charge in [0.25, 0.3) is 0 Å². The molecule has 6 heteroatoms. The minimum atomic E-state index is -0.654. The molecule has 0 aromatic carbocycles. The fourth-order valence-electron chi connectivity index (χ4n) is 0.600. The van der Waals surface area contributed by atoms with Gasteiger partial charge in [0.05, 0.1) is 29.7 Å². The summed E-state index contributed by atoms with van der Waals surface area (Å²) in [7, 11) is 0. The number of nitrogens with two attached hydrogens (primary N) is 2. The Hall–Kier alpha value is -1.01. The smallest absolute Gasteiger partial charge is 0.234 e. The van der Waals surface area contributed by atoms with E-state index in [0.717, 1.165) is 11.7 Å². The molecule has 1 aromatic rings. The van der Waals surface area contributed by atoms with Gasteiger partial charge in [0, 0.05) is 6.42 Å². The molecule has 1 atom stereocenters. The molecule has 1 aromatic heterocycles. The molecule has 0 spiro atoms. The number of carbonyl (C=O) groups is 1. The molecule has 1 rings (SSSR count). The Morgan fingerprint density at radius 1 is 1.82 bits per heavy atom. The third-order valence-electron chi connectivity index (χ3n) is 1.20. The number of nitrogens with zero attached hydrogens (tertiary/aromatic N) is 2. The van der Waals surface area contributed by atoms with Crippen molar-refractivity contribution in [1.29, 1.82) is 0 Å². The van der Waals surface area contributed by atoms with Crippen LogP contribution < -0.4 is 11.5 Å². The first kappa shape index (κ1) is 8.09. The number of hydrogen-bond donors (Lipinski definition) is 2. The lowest BCUT2D eigenvalue weighted by molar-refractivity contribution is -0.119. The number of primary amides is 1. The highest BCUT2D eigenvalue weighted by atomic mass is 32.1. The lowest BCUT2D eigenvalue weighted by Gasteiger charge is -2.02. The summed E-state index contributed by atoms with van der Waals surface area (Å²) in [5.74, 6) is -0.516.